The normalized spacial score (nSPS) is 22.7. The summed E-state index contributed by atoms with van der Waals surface area (Å²) < 4.78 is 0. The first-order valence-electron chi connectivity index (χ1n) is 13.7. The lowest BCUT2D eigenvalue weighted by molar-refractivity contribution is -0.141. The molecule has 4 fully saturated rings. The molecule has 2 N–H and O–H groups in total. The minimum absolute atomic E-state index is 0.248. The first-order valence-corrected chi connectivity index (χ1v) is 13.7. The summed E-state index contributed by atoms with van der Waals surface area (Å²) in [4.78, 5) is 30.4. The number of hydrogen-bond acceptors (Lipinski definition) is 5. The summed E-state index contributed by atoms with van der Waals surface area (Å²) in [6.07, 6.45) is 4.01. The molecule has 0 atom stereocenters. The molecule has 0 spiro atoms. The second kappa shape index (κ2) is 8.67. The fourth-order valence-corrected chi connectivity index (χ4v) is 6.77. The van der Waals surface area contributed by atoms with E-state index in [4.69, 9.17) is 4.98 Å². The fourth-order valence-electron chi connectivity index (χ4n) is 6.77. The Hall–Kier alpha value is -3.71. The zero-order valence-corrected chi connectivity index (χ0v) is 22.3. The van der Waals surface area contributed by atoms with Crippen molar-refractivity contribution in [3.8, 4) is 22.4 Å². The third-order valence-corrected chi connectivity index (χ3v) is 8.81. The van der Waals surface area contributed by atoms with E-state index in [1.54, 1.807) is 0 Å². The molecule has 6 heterocycles. The number of aromatic amines is 1. The van der Waals surface area contributed by atoms with Gasteiger partial charge in [-0.25, -0.2) is 4.98 Å². The monoisotopic (exact) mass is 506 g/mol. The van der Waals surface area contributed by atoms with Gasteiger partial charge in [-0.1, -0.05) is 12.1 Å². The molecule has 8 rings (SSSR count). The molecule has 7 heteroatoms. The lowest BCUT2D eigenvalue weighted by Crippen LogP contribution is -2.61. The van der Waals surface area contributed by atoms with Gasteiger partial charge in [0.1, 0.15) is 5.82 Å². The summed E-state index contributed by atoms with van der Waals surface area (Å²) in [5, 5.41) is 4.71. The van der Waals surface area contributed by atoms with E-state index in [1.807, 2.05) is 20.0 Å². The van der Waals surface area contributed by atoms with E-state index in [9.17, 15) is 4.79 Å². The van der Waals surface area contributed by atoms with E-state index in [2.05, 4.69) is 74.5 Å². The Morgan fingerprint density at radius 3 is 2.32 bits per heavy atom. The number of anilines is 1. The van der Waals surface area contributed by atoms with E-state index in [-0.39, 0.29) is 5.54 Å². The van der Waals surface area contributed by atoms with Gasteiger partial charge < -0.3 is 20.1 Å². The third-order valence-electron chi connectivity index (χ3n) is 8.81. The van der Waals surface area contributed by atoms with Gasteiger partial charge in [-0.3, -0.25) is 9.78 Å². The molecule has 194 valence electrons. The summed E-state index contributed by atoms with van der Waals surface area (Å²) in [6.45, 7) is 10.4. The average molecular weight is 507 g/mol. The van der Waals surface area contributed by atoms with Crippen LogP contribution in [0.1, 0.15) is 29.8 Å². The molecule has 38 heavy (non-hydrogen) atoms. The van der Waals surface area contributed by atoms with Gasteiger partial charge in [-0.2, -0.15) is 0 Å². The maximum absolute atomic E-state index is 13.1. The number of amides is 1. The van der Waals surface area contributed by atoms with E-state index in [0.717, 1.165) is 85.1 Å². The first kappa shape index (κ1) is 23.4. The van der Waals surface area contributed by atoms with Gasteiger partial charge in [0.2, 0.25) is 5.91 Å². The van der Waals surface area contributed by atoms with E-state index in [1.165, 1.54) is 16.5 Å². The second-order valence-corrected chi connectivity index (χ2v) is 11.4. The maximum Gasteiger partial charge on any atom is 0.243 e. The van der Waals surface area contributed by atoms with Crippen molar-refractivity contribution in [3.63, 3.8) is 0 Å². The van der Waals surface area contributed by atoms with E-state index >= 15 is 0 Å². The molecule has 3 aliphatic heterocycles. The van der Waals surface area contributed by atoms with Crippen molar-refractivity contribution in [1.29, 1.82) is 0 Å². The van der Waals surface area contributed by atoms with Crippen LogP contribution in [0.15, 0.2) is 48.7 Å². The lowest BCUT2D eigenvalue weighted by atomic mass is 9.72. The Balaban J connectivity index is 1.07. The summed E-state index contributed by atoms with van der Waals surface area (Å²) in [6, 6.07) is 15.1. The number of H-pyrrole nitrogens is 1. The number of carbonyl (C=O) groups excluding carboxylic acids is 1. The smallest absolute Gasteiger partial charge is 0.243 e. The number of benzene rings is 1. The number of fused-ring (bicyclic) bond motifs is 2. The Labute approximate surface area is 223 Å². The van der Waals surface area contributed by atoms with Crippen molar-refractivity contribution in [3.05, 3.63) is 65.6 Å². The van der Waals surface area contributed by atoms with Crippen LogP contribution in [-0.2, 0) is 4.79 Å². The first-order chi connectivity index (χ1) is 18.4. The van der Waals surface area contributed by atoms with Crippen LogP contribution in [-0.4, -0.2) is 64.0 Å². The van der Waals surface area contributed by atoms with Gasteiger partial charge in [0.25, 0.3) is 0 Å². The minimum Gasteiger partial charge on any atom is -0.354 e. The SMILES string of the molecule is Cc1cc(-c2[nH]c3cc(-c4ccc(N5CCN(C(=O)C67CC(CN6)C7)CC5)nc4)ccc3c2C)cc(C)n1. The lowest BCUT2D eigenvalue weighted by Gasteiger charge is -2.43. The molecule has 3 aromatic heterocycles. The number of nitrogens with zero attached hydrogens (tertiary/aromatic N) is 4. The molecule has 1 aromatic carbocycles. The van der Waals surface area contributed by atoms with Crippen LogP contribution in [0.5, 0.6) is 0 Å². The standard InChI is InChI=1S/C31H34N6O/c1-19-12-25(13-20(2)34-19)29-21(3)26-6-4-23(14-27(26)35-29)24-5-7-28(32-18-24)36-8-10-37(11-9-36)30(38)31-15-22(16-31)17-33-31/h4-7,12-14,18,22,33,35H,8-11,15-17H2,1-3H3. The second-order valence-electron chi connectivity index (χ2n) is 11.4. The number of rotatable bonds is 4. The van der Waals surface area contributed by atoms with Crippen LogP contribution < -0.4 is 10.2 Å². The van der Waals surface area contributed by atoms with Gasteiger partial charge in [0, 0.05) is 71.5 Å². The highest BCUT2D eigenvalue weighted by Crippen LogP contribution is 2.44. The number of aryl methyl sites for hydroxylation is 3. The van der Waals surface area contributed by atoms with Crippen LogP contribution >= 0.6 is 0 Å². The number of pyridine rings is 2. The van der Waals surface area contributed by atoms with Gasteiger partial charge in [-0.15, -0.1) is 0 Å². The predicted octanol–water partition coefficient (Wildman–Crippen LogP) is 4.62. The average Bonchev–Trinajstić information content (AvgIpc) is 3.62. The topological polar surface area (TPSA) is 77.2 Å². The van der Waals surface area contributed by atoms with Crippen molar-refractivity contribution in [2.24, 2.45) is 5.92 Å². The molecule has 1 aliphatic carbocycles. The van der Waals surface area contributed by atoms with Gasteiger partial charge in [0.05, 0.1) is 5.54 Å². The van der Waals surface area contributed by atoms with Crippen LogP contribution in [0.3, 0.4) is 0 Å². The van der Waals surface area contributed by atoms with Crippen LogP contribution in [0, 0.1) is 26.7 Å². The van der Waals surface area contributed by atoms with Crippen LogP contribution in [0.25, 0.3) is 33.3 Å². The van der Waals surface area contributed by atoms with E-state index < -0.39 is 0 Å². The molecule has 3 saturated heterocycles. The molecule has 2 bridgehead atoms. The molecule has 4 aliphatic rings. The molecule has 0 unspecified atom stereocenters. The highest BCUT2D eigenvalue weighted by Gasteiger charge is 2.56. The Morgan fingerprint density at radius 1 is 0.921 bits per heavy atom. The van der Waals surface area contributed by atoms with Crippen molar-refractivity contribution >= 4 is 22.6 Å². The molecule has 7 nitrogen and oxygen atoms in total. The summed E-state index contributed by atoms with van der Waals surface area (Å²) >= 11 is 0. The highest BCUT2D eigenvalue weighted by atomic mass is 16.2. The number of nitrogens with one attached hydrogen (secondary N) is 2. The number of aromatic nitrogens is 3. The van der Waals surface area contributed by atoms with Gasteiger partial charge >= 0.3 is 0 Å². The summed E-state index contributed by atoms with van der Waals surface area (Å²) in [7, 11) is 0. The molecule has 1 saturated carbocycles. The quantitative estimate of drug-likeness (QED) is 0.423. The Kier molecular flexibility index (Phi) is 5.34. The van der Waals surface area contributed by atoms with Crippen molar-refractivity contribution in [2.75, 3.05) is 37.6 Å². The van der Waals surface area contributed by atoms with Crippen LogP contribution in [0.2, 0.25) is 0 Å². The van der Waals surface area contributed by atoms with Gasteiger partial charge in [-0.05, 0) is 87.5 Å². The fraction of sp³-hybridized carbons (Fsp3) is 0.387. The zero-order valence-electron chi connectivity index (χ0n) is 22.3. The number of piperazine rings is 1. The Morgan fingerprint density at radius 2 is 1.66 bits per heavy atom. The zero-order chi connectivity index (χ0) is 26.0. The molecule has 1 amide bonds. The molecule has 0 radical (unpaired) electrons. The summed E-state index contributed by atoms with van der Waals surface area (Å²) in [5.74, 6) is 1.99. The molecular formula is C31H34N6O. The minimum atomic E-state index is -0.248. The number of hydrogen-bond donors (Lipinski definition) is 2. The van der Waals surface area contributed by atoms with Gasteiger partial charge in [0.15, 0.2) is 0 Å². The maximum atomic E-state index is 13.1. The van der Waals surface area contributed by atoms with Crippen LogP contribution in [0.4, 0.5) is 5.82 Å². The Bertz CT molecular complexity index is 1520. The van der Waals surface area contributed by atoms with Crippen molar-refractivity contribution < 1.29 is 4.79 Å². The third kappa shape index (κ3) is 3.79. The highest BCUT2D eigenvalue weighted by molar-refractivity contribution is 5.93. The van der Waals surface area contributed by atoms with Crippen molar-refractivity contribution in [2.45, 2.75) is 39.2 Å². The van der Waals surface area contributed by atoms with E-state index in [0.29, 0.717) is 11.8 Å². The largest absolute Gasteiger partial charge is 0.354 e. The number of carbonyl (C=O) groups is 1. The molecule has 4 aromatic rings. The van der Waals surface area contributed by atoms with Crippen molar-refractivity contribution in [1.82, 2.24) is 25.2 Å². The predicted molar refractivity (Wildman–Crippen MR) is 151 cm³/mol. The summed E-state index contributed by atoms with van der Waals surface area (Å²) in [5.41, 5.74) is 8.75. The molecular weight excluding hydrogens is 472 g/mol.